The molecule has 0 saturated carbocycles. The zero-order valence-corrected chi connectivity index (χ0v) is 12.8. The first-order valence-corrected chi connectivity index (χ1v) is 7.40. The molecule has 0 spiro atoms. The molecule has 5 nitrogen and oxygen atoms in total. The Balaban J connectivity index is 1.79. The van der Waals surface area contributed by atoms with E-state index in [0.29, 0.717) is 22.7 Å². The average Bonchev–Trinajstić information content (AvgIpc) is 3.00. The van der Waals surface area contributed by atoms with Gasteiger partial charge in [-0.3, -0.25) is 0 Å². The van der Waals surface area contributed by atoms with Gasteiger partial charge in [0.2, 0.25) is 5.88 Å². The minimum Gasteiger partial charge on any atom is -0.438 e. The second-order valence-corrected chi connectivity index (χ2v) is 5.37. The van der Waals surface area contributed by atoms with Crippen molar-refractivity contribution in [3.05, 3.63) is 72.4 Å². The number of hydrogen-bond donors (Lipinski definition) is 0. The number of benzene rings is 2. The molecule has 2 heterocycles. The summed E-state index contributed by atoms with van der Waals surface area (Å²) < 4.78 is 20.7. The van der Waals surface area contributed by atoms with E-state index in [0.717, 1.165) is 11.3 Å². The molecule has 2 aromatic carbocycles. The van der Waals surface area contributed by atoms with E-state index < -0.39 is 0 Å². The predicted octanol–water partition coefficient (Wildman–Crippen LogP) is 4.06. The van der Waals surface area contributed by atoms with Crippen LogP contribution >= 0.6 is 0 Å². The molecule has 0 radical (unpaired) electrons. The smallest absolute Gasteiger partial charge is 0.233 e. The lowest BCUT2D eigenvalue weighted by atomic mass is 10.2. The number of hydrogen-bond acceptors (Lipinski definition) is 4. The van der Waals surface area contributed by atoms with Crippen molar-refractivity contribution in [2.75, 3.05) is 0 Å². The van der Waals surface area contributed by atoms with Crippen molar-refractivity contribution in [2.45, 2.75) is 6.92 Å². The van der Waals surface area contributed by atoms with Crippen LogP contribution in [0.15, 0.2) is 61.1 Å². The Hall–Kier alpha value is -3.28. The Bertz CT molecular complexity index is 1030. The van der Waals surface area contributed by atoms with Crippen molar-refractivity contribution in [3.8, 4) is 17.3 Å². The first-order chi connectivity index (χ1) is 11.7. The molecule has 2 aromatic heterocycles. The van der Waals surface area contributed by atoms with Crippen molar-refractivity contribution in [2.24, 2.45) is 0 Å². The Morgan fingerprint density at radius 3 is 2.75 bits per heavy atom. The van der Waals surface area contributed by atoms with Crippen LogP contribution in [0.3, 0.4) is 0 Å². The predicted molar refractivity (Wildman–Crippen MR) is 87.9 cm³/mol. The molecule has 0 unspecified atom stereocenters. The molecule has 0 amide bonds. The van der Waals surface area contributed by atoms with Crippen LogP contribution in [0.4, 0.5) is 4.39 Å². The first kappa shape index (κ1) is 14.3. The van der Waals surface area contributed by atoms with Gasteiger partial charge in [0.15, 0.2) is 5.65 Å². The van der Waals surface area contributed by atoms with Crippen LogP contribution in [0, 0.1) is 12.7 Å². The summed E-state index contributed by atoms with van der Waals surface area (Å²) in [6.45, 7) is 2.02. The van der Waals surface area contributed by atoms with Gasteiger partial charge in [-0.1, -0.05) is 18.2 Å². The maximum Gasteiger partial charge on any atom is 0.233 e. The molecule has 0 aliphatic carbocycles. The van der Waals surface area contributed by atoms with Gasteiger partial charge in [-0.05, 0) is 36.8 Å². The monoisotopic (exact) mass is 320 g/mol. The Kier molecular flexibility index (Phi) is 3.42. The second-order valence-electron chi connectivity index (χ2n) is 5.37. The summed E-state index contributed by atoms with van der Waals surface area (Å²) in [5.74, 6) is 0.344. The van der Waals surface area contributed by atoms with Gasteiger partial charge in [0.25, 0.3) is 0 Å². The van der Waals surface area contributed by atoms with E-state index in [2.05, 4.69) is 15.1 Å². The molecular weight excluding hydrogens is 307 g/mol. The summed E-state index contributed by atoms with van der Waals surface area (Å²) in [5, 5.41) is 5.04. The maximum absolute atomic E-state index is 13.3. The molecule has 4 aromatic rings. The van der Waals surface area contributed by atoms with Crippen molar-refractivity contribution >= 4 is 11.0 Å². The molecule has 0 fully saturated rings. The third-order valence-electron chi connectivity index (χ3n) is 3.59. The SMILES string of the molecule is Cc1cccc(-n2ncc3c(Oc4cccc(F)c4)ncnc32)c1. The van der Waals surface area contributed by atoms with Crippen LogP contribution in [0.1, 0.15) is 5.56 Å². The topological polar surface area (TPSA) is 52.8 Å². The molecule has 0 bridgehead atoms. The average molecular weight is 320 g/mol. The number of halogens is 1. The molecule has 0 atom stereocenters. The summed E-state index contributed by atoms with van der Waals surface area (Å²) >= 11 is 0. The van der Waals surface area contributed by atoms with Gasteiger partial charge in [0.05, 0.1) is 11.9 Å². The van der Waals surface area contributed by atoms with Crippen LogP contribution < -0.4 is 4.74 Å². The Morgan fingerprint density at radius 2 is 1.92 bits per heavy atom. The molecule has 0 saturated heterocycles. The van der Waals surface area contributed by atoms with Crippen molar-refractivity contribution in [1.29, 1.82) is 0 Å². The Labute approximate surface area is 137 Å². The van der Waals surface area contributed by atoms with Crippen LogP contribution in [-0.2, 0) is 0 Å². The molecule has 0 aliphatic heterocycles. The highest BCUT2D eigenvalue weighted by molar-refractivity contribution is 5.81. The van der Waals surface area contributed by atoms with E-state index in [1.54, 1.807) is 23.0 Å². The number of ether oxygens (including phenoxy) is 1. The minimum atomic E-state index is -0.367. The number of aromatic nitrogens is 4. The normalized spacial score (nSPS) is 10.9. The lowest BCUT2D eigenvalue weighted by Gasteiger charge is -2.06. The summed E-state index contributed by atoms with van der Waals surface area (Å²) in [4.78, 5) is 8.45. The fourth-order valence-corrected chi connectivity index (χ4v) is 2.49. The van der Waals surface area contributed by atoms with E-state index in [-0.39, 0.29) is 5.82 Å². The molecular formula is C18H13FN4O. The molecule has 6 heteroatoms. The minimum absolute atomic E-state index is 0.338. The van der Waals surface area contributed by atoms with Crippen molar-refractivity contribution < 1.29 is 9.13 Å². The summed E-state index contributed by atoms with van der Waals surface area (Å²) in [5.41, 5.74) is 2.66. The number of nitrogens with zero attached hydrogens (tertiary/aromatic N) is 4. The zero-order valence-electron chi connectivity index (χ0n) is 12.8. The number of rotatable bonds is 3. The molecule has 4 rings (SSSR count). The van der Waals surface area contributed by atoms with Gasteiger partial charge >= 0.3 is 0 Å². The quantitative estimate of drug-likeness (QED) is 0.571. The van der Waals surface area contributed by atoms with E-state index in [1.165, 1.54) is 18.5 Å². The van der Waals surface area contributed by atoms with Crippen LogP contribution in [0.25, 0.3) is 16.7 Å². The molecule has 0 aliphatic rings. The molecule has 118 valence electrons. The summed E-state index contributed by atoms with van der Waals surface area (Å²) in [7, 11) is 0. The maximum atomic E-state index is 13.3. The fourth-order valence-electron chi connectivity index (χ4n) is 2.49. The highest BCUT2D eigenvalue weighted by Crippen LogP contribution is 2.28. The lowest BCUT2D eigenvalue weighted by Crippen LogP contribution is -1.98. The Morgan fingerprint density at radius 1 is 1.04 bits per heavy atom. The van der Waals surface area contributed by atoms with E-state index in [4.69, 9.17) is 4.74 Å². The summed E-state index contributed by atoms with van der Waals surface area (Å²) in [6, 6.07) is 13.9. The first-order valence-electron chi connectivity index (χ1n) is 7.40. The lowest BCUT2D eigenvalue weighted by molar-refractivity contribution is 0.463. The largest absolute Gasteiger partial charge is 0.438 e. The van der Waals surface area contributed by atoms with Gasteiger partial charge in [-0.15, -0.1) is 0 Å². The van der Waals surface area contributed by atoms with Crippen LogP contribution in [0.5, 0.6) is 11.6 Å². The number of aryl methyl sites for hydroxylation is 1. The van der Waals surface area contributed by atoms with Gasteiger partial charge in [-0.2, -0.15) is 5.10 Å². The molecule has 24 heavy (non-hydrogen) atoms. The van der Waals surface area contributed by atoms with E-state index in [9.17, 15) is 4.39 Å². The van der Waals surface area contributed by atoms with E-state index in [1.807, 2.05) is 31.2 Å². The third kappa shape index (κ3) is 2.58. The zero-order chi connectivity index (χ0) is 16.5. The van der Waals surface area contributed by atoms with Crippen LogP contribution in [0.2, 0.25) is 0 Å². The van der Waals surface area contributed by atoms with Crippen LogP contribution in [-0.4, -0.2) is 19.7 Å². The van der Waals surface area contributed by atoms with Gasteiger partial charge in [0.1, 0.15) is 23.3 Å². The highest BCUT2D eigenvalue weighted by Gasteiger charge is 2.13. The van der Waals surface area contributed by atoms with Gasteiger partial charge in [0, 0.05) is 6.07 Å². The van der Waals surface area contributed by atoms with Crippen molar-refractivity contribution in [1.82, 2.24) is 19.7 Å². The summed E-state index contributed by atoms with van der Waals surface area (Å²) in [6.07, 6.45) is 3.05. The highest BCUT2D eigenvalue weighted by atomic mass is 19.1. The standard InChI is InChI=1S/C18H13FN4O/c1-12-4-2-6-14(8-12)23-17-16(10-22-23)18(21-11-20-17)24-15-7-3-5-13(19)9-15/h2-11H,1H3. The van der Waals surface area contributed by atoms with E-state index >= 15 is 0 Å². The van der Waals surface area contributed by atoms with Gasteiger partial charge < -0.3 is 4.74 Å². The van der Waals surface area contributed by atoms with Crippen molar-refractivity contribution in [3.63, 3.8) is 0 Å². The number of fused-ring (bicyclic) bond motifs is 1. The molecule has 0 N–H and O–H groups in total. The van der Waals surface area contributed by atoms with Gasteiger partial charge in [-0.25, -0.2) is 19.0 Å². The third-order valence-corrected chi connectivity index (χ3v) is 3.59. The fraction of sp³-hybridized carbons (Fsp3) is 0.0556. The second kappa shape index (κ2) is 5.73.